The lowest BCUT2D eigenvalue weighted by Crippen LogP contribution is -2.52. The number of nitrogens with one attached hydrogen (secondary N) is 1. The standard InChI is InChI=1S/C8H12F6N2O2/c1-3(2)4(5(17)16-15)18-6(7(9,10)11)8(12,13)14/h3-4,6H,15H2,1-2H3,(H,16,17). The Morgan fingerprint density at radius 1 is 1.11 bits per heavy atom. The van der Waals surface area contributed by atoms with Gasteiger partial charge < -0.3 is 4.74 Å². The fourth-order valence-electron chi connectivity index (χ4n) is 1.09. The highest BCUT2D eigenvalue weighted by Gasteiger charge is 2.59. The molecule has 1 amide bonds. The first kappa shape index (κ1) is 17.0. The molecule has 0 saturated carbocycles. The fraction of sp³-hybridized carbons (Fsp3) is 0.875. The first-order valence-corrected chi connectivity index (χ1v) is 4.70. The maximum Gasteiger partial charge on any atom is 0.423 e. The first-order valence-electron chi connectivity index (χ1n) is 4.70. The van der Waals surface area contributed by atoms with Crippen LogP contribution in [0, 0.1) is 5.92 Å². The number of rotatable bonds is 4. The van der Waals surface area contributed by atoms with Crippen molar-refractivity contribution in [1.29, 1.82) is 0 Å². The number of hydrazine groups is 1. The van der Waals surface area contributed by atoms with Crippen LogP contribution < -0.4 is 11.3 Å². The van der Waals surface area contributed by atoms with Crippen LogP contribution in [0.4, 0.5) is 26.3 Å². The largest absolute Gasteiger partial charge is 0.423 e. The molecule has 0 heterocycles. The minimum atomic E-state index is -5.67. The van der Waals surface area contributed by atoms with Crippen molar-refractivity contribution >= 4 is 5.91 Å². The van der Waals surface area contributed by atoms with E-state index in [1.54, 1.807) is 0 Å². The van der Waals surface area contributed by atoms with Crippen LogP contribution in [-0.4, -0.2) is 30.5 Å². The fourth-order valence-corrected chi connectivity index (χ4v) is 1.09. The predicted molar refractivity (Wildman–Crippen MR) is 47.9 cm³/mol. The number of ether oxygens (including phenoxy) is 1. The van der Waals surface area contributed by atoms with E-state index in [9.17, 15) is 31.1 Å². The molecule has 0 aromatic heterocycles. The Bertz CT molecular complexity index is 274. The molecule has 108 valence electrons. The molecule has 1 unspecified atom stereocenters. The quantitative estimate of drug-likeness (QED) is 0.355. The molecule has 0 aliphatic carbocycles. The summed E-state index contributed by atoms with van der Waals surface area (Å²) >= 11 is 0. The smallest absolute Gasteiger partial charge is 0.347 e. The van der Waals surface area contributed by atoms with Gasteiger partial charge in [-0.05, 0) is 5.92 Å². The summed E-state index contributed by atoms with van der Waals surface area (Å²) in [5, 5.41) is 0. The lowest BCUT2D eigenvalue weighted by Gasteiger charge is -2.28. The molecule has 0 bridgehead atoms. The molecule has 0 rings (SSSR count). The number of carbonyl (C=O) groups is 1. The van der Waals surface area contributed by atoms with Gasteiger partial charge in [-0.25, -0.2) is 5.84 Å². The molecule has 0 aromatic carbocycles. The van der Waals surface area contributed by atoms with Crippen LogP contribution in [0.25, 0.3) is 0 Å². The number of amides is 1. The number of hydrogen-bond donors (Lipinski definition) is 2. The maximum atomic E-state index is 12.2. The van der Waals surface area contributed by atoms with Crippen molar-refractivity contribution < 1.29 is 35.9 Å². The summed E-state index contributed by atoms with van der Waals surface area (Å²) in [6, 6.07) is 0. The Morgan fingerprint density at radius 2 is 1.50 bits per heavy atom. The van der Waals surface area contributed by atoms with Crippen molar-refractivity contribution in [2.45, 2.75) is 38.4 Å². The lowest BCUT2D eigenvalue weighted by molar-refractivity contribution is -0.330. The van der Waals surface area contributed by atoms with E-state index in [2.05, 4.69) is 10.6 Å². The molecule has 0 aliphatic rings. The second-order valence-electron chi connectivity index (χ2n) is 3.77. The number of halogens is 6. The van der Waals surface area contributed by atoms with Crippen molar-refractivity contribution in [3.8, 4) is 0 Å². The van der Waals surface area contributed by atoms with E-state index in [1.165, 1.54) is 19.3 Å². The van der Waals surface area contributed by atoms with Gasteiger partial charge in [0, 0.05) is 0 Å². The Hall–Kier alpha value is -1.03. The van der Waals surface area contributed by atoms with Crippen molar-refractivity contribution in [2.75, 3.05) is 0 Å². The van der Waals surface area contributed by atoms with Gasteiger partial charge in [-0.1, -0.05) is 13.8 Å². The van der Waals surface area contributed by atoms with E-state index in [0.717, 1.165) is 0 Å². The van der Waals surface area contributed by atoms with Gasteiger partial charge in [0.15, 0.2) is 0 Å². The van der Waals surface area contributed by atoms with Crippen LogP contribution in [-0.2, 0) is 9.53 Å². The Kier molecular flexibility index (Phi) is 5.41. The third-order valence-electron chi connectivity index (χ3n) is 1.88. The van der Waals surface area contributed by atoms with Gasteiger partial charge in [0.1, 0.15) is 6.10 Å². The predicted octanol–water partition coefficient (Wildman–Crippen LogP) is 1.51. The van der Waals surface area contributed by atoms with E-state index in [-0.39, 0.29) is 0 Å². The van der Waals surface area contributed by atoms with Crippen LogP contribution in [0.15, 0.2) is 0 Å². The summed E-state index contributed by atoms with van der Waals surface area (Å²) < 4.78 is 77.0. The summed E-state index contributed by atoms with van der Waals surface area (Å²) in [5.41, 5.74) is 1.46. The normalized spacial score (nSPS) is 15.1. The third kappa shape index (κ3) is 4.69. The zero-order valence-corrected chi connectivity index (χ0v) is 9.39. The summed E-state index contributed by atoms with van der Waals surface area (Å²) in [4.78, 5) is 11.0. The molecular weight excluding hydrogens is 270 g/mol. The van der Waals surface area contributed by atoms with Gasteiger partial charge in [-0.15, -0.1) is 0 Å². The van der Waals surface area contributed by atoms with Crippen LogP contribution in [0.2, 0.25) is 0 Å². The third-order valence-corrected chi connectivity index (χ3v) is 1.88. The summed E-state index contributed by atoms with van der Waals surface area (Å²) in [6.07, 6.45) is -17.3. The average molecular weight is 282 g/mol. The molecule has 4 nitrogen and oxygen atoms in total. The van der Waals surface area contributed by atoms with Crippen molar-refractivity contribution in [1.82, 2.24) is 5.43 Å². The van der Waals surface area contributed by atoms with E-state index in [0.29, 0.717) is 0 Å². The second kappa shape index (κ2) is 5.74. The molecule has 18 heavy (non-hydrogen) atoms. The number of carbonyl (C=O) groups excluding carboxylic acids is 1. The van der Waals surface area contributed by atoms with Gasteiger partial charge in [-0.2, -0.15) is 26.3 Å². The highest BCUT2D eigenvalue weighted by atomic mass is 19.4. The number of alkyl halides is 6. The topological polar surface area (TPSA) is 64.3 Å². The van der Waals surface area contributed by atoms with Gasteiger partial charge in [0.25, 0.3) is 5.91 Å². The van der Waals surface area contributed by atoms with Crippen molar-refractivity contribution in [3.05, 3.63) is 0 Å². The average Bonchev–Trinajstić information content (AvgIpc) is 2.12. The SMILES string of the molecule is CC(C)C(OC(C(F)(F)F)C(F)(F)F)C(=O)NN. The molecule has 0 fully saturated rings. The molecule has 10 heteroatoms. The maximum absolute atomic E-state index is 12.2. The van der Waals surface area contributed by atoms with Crippen LogP contribution in [0.3, 0.4) is 0 Å². The molecule has 0 radical (unpaired) electrons. The number of hydrogen-bond acceptors (Lipinski definition) is 3. The van der Waals surface area contributed by atoms with E-state index < -0.39 is 36.4 Å². The van der Waals surface area contributed by atoms with E-state index >= 15 is 0 Å². The molecule has 0 aromatic rings. The molecule has 0 spiro atoms. The second-order valence-corrected chi connectivity index (χ2v) is 3.77. The highest BCUT2D eigenvalue weighted by Crippen LogP contribution is 2.37. The van der Waals surface area contributed by atoms with Crippen LogP contribution in [0.5, 0.6) is 0 Å². The van der Waals surface area contributed by atoms with E-state index in [1.807, 2.05) is 0 Å². The first-order chi connectivity index (χ1) is 7.91. The number of nitrogens with two attached hydrogens (primary N) is 1. The lowest BCUT2D eigenvalue weighted by atomic mass is 10.1. The molecular formula is C8H12F6N2O2. The minimum absolute atomic E-state index is 0.916. The van der Waals surface area contributed by atoms with Crippen molar-refractivity contribution in [3.63, 3.8) is 0 Å². The zero-order valence-electron chi connectivity index (χ0n) is 9.39. The molecule has 1 atom stereocenters. The summed E-state index contributed by atoms with van der Waals surface area (Å²) in [7, 11) is 0. The van der Waals surface area contributed by atoms with Gasteiger partial charge in [0.05, 0.1) is 0 Å². The zero-order chi connectivity index (χ0) is 14.7. The van der Waals surface area contributed by atoms with E-state index in [4.69, 9.17) is 0 Å². The Labute approximate surface area is 98.4 Å². The summed E-state index contributed by atoms with van der Waals surface area (Å²) in [6.45, 7) is 2.45. The van der Waals surface area contributed by atoms with Crippen LogP contribution in [0.1, 0.15) is 13.8 Å². The van der Waals surface area contributed by atoms with Gasteiger partial charge >= 0.3 is 12.4 Å². The Balaban J connectivity index is 5.12. The van der Waals surface area contributed by atoms with Crippen molar-refractivity contribution in [2.24, 2.45) is 11.8 Å². The molecule has 0 aliphatic heterocycles. The van der Waals surface area contributed by atoms with Gasteiger partial charge in [0.2, 0.25) is 6.10 Å². The van der Waals surface area contributed by atoms with Crippen LogP contribution >= 0.6 is 0 Å². The Morgan fingerprint density at radius 3 is 1.72 bits per heavy atom. The highest BCUT2D eigenvalue weighted by molar-refractivity contribution is 5.80. The summed E-state index contributed by atoms with van der Waals surface area (Å²) in [5.74, 6) is 2.49. The van der Waals surface area contributed by atoms with Gasteiger partial charge in [-0.3, -0.25) is 10.2 Å². The molecule has 3 N–H and O–H groups in total. The monoisotopic (exact) mass is 282 g/mol. The minimum Gasteiger partial charge on any atom is -0.347 e. The molecule has 0 saturated heterocycles.